The van der Waals surface area contributed by atoms with Crippen LogP contribution >= 0.6 is 0 Å². The van der Waals surface area contributed by atoms with Crippen molar-refractivity contribution in [3.8, 4) is 5.75 Å². The van der Waals surface area contributed by atoms with Crippen LogP contribution in [0.25, 0.3) is 10.9 Å². The SMILES string of the molecule is COc1ccc(Cn2c3c(c4ccccc42)C[C@@H]2CN(C)C[C@@H](C(C)O)[C@@H]2CC3=O)cc1. The first-order chi connectivity index (χ1) is 15.5. The number of hydrogen-bond acceptors (Lipinski definition) is 4. The van der Waals surface area contributed by atoms with E-state index in [9.17, 15) is 9.90 Å². The van der Waals surface area contributed by atoms with Crippen LogP contribution in [0, 0.1) is 17.8 Å². The first-order valence-corrected chi connectivity index (χ1v) is 11.6. The van der Waals surface area contributed by atoms with E-state index >= 15 is 0 Å². The highest BCUT2D eigenvalue weighted by molar-refractivity contribution is 6.03. The number of rotatable bonds is 4. The number of Topliss-reactive ketones (excluding diaryl/α,β-unsaturated/α-hetero) is 1. The average molecular weight is 433 g/mol. The highest BCUT2D eigenvalue weighted by atomic mass is 16.5. The Bertz CT molecular complexity index is 1130. The van der Waals surface area contributed by atoms with E-state index in [1.54, 1.807) is 7.11 Å². The van der Waals surface area contributed by atoms with Crippen molar-refractivity contribution in [2.45, 2.75) is 32.4 Å². The van der Waals surface area contributed by atoms with Crippen LogP contribution in [0.4, 0.5) is 0 Å². The normalized spacial score (nSPS) is 24.6. The number of hydrogen-bond donors (Lipinski definition) is 1. The Balaban J connectivity index is 1.60. The van der Waals surface area contributed by atoms with Crippen LogP contribution in [0.3, 0.4) is 0 Å². The molecule has 0 radical (unpaired) electrons. The van der Waals surface area contributed by atoms with Gasteiger partial charge < -0.3 is 19.3 Å². The Labute approximate surface area is 189 Å². The molecule has 1 unspecified atom stereocenters. The number of likely N-dealkylation sites (tertiary alicyclic amines) is 1. The third-order valence-corrected chi connectivity index (χ3v) is 7.57. The summed E-state index contributed by atoms with van der Waals surface area (Å²) in [5.41, 5.74) is 4.32. The number of methoxy groups -OCH3 is 1. The third kappa shape index (κ3) is 3.63. The predicted molar refractivity (Wildman–Crippen MR) is 126 cm³/mol. The smallest absolute Gasteiger partial charge is 0.179 e. The Hall–Kier alpha value is -2.63. The second-order valence-electron chi connectivity index (χ2n) is 9.66. The molecule has 5 heteroatoms. The molecule has 2 aliphatic rings. The van der Waals surface area contributed by atoms with Crippen molar-refractivity contribution in [1.29, 1.82) is 0 Å². The van der Waals surface area contributed by atoms with Crippen molar-refractivity contribution < 1.29 is 14.6 Å². The van der Waals surface area contributed by atoms with Gasteiger partial charge in [0.1, 0.15) is 5.75 Å². The summed E-state index contributed by atoms with van der Waals surface area (Å²) in [5.74, 6) is 1.77. The lowest BCUT2D eigenvalue weighted by molar-refractivity contribution is -0.00131. The van der Waals surface area contributed by atoms with E-state index in [1.807, 2.05) is 19.1 Å². The largest absolute Gasteiger partial charge is 0.497 e. The van der Waals surface area contributed by atoms with Gasteiger partial charge in [-0.3, -0.25) is 4.79 Å². The molecule has 0 saturated carbocycles. The van der Waals surface area contributed by atoms with Crippen LogP contribution in [0.1, 0.15) is 35.0 Å². The number of benzene rings is 2. The molecule has 5 rings (SSSR count). The fraction of sp³-hybridized carbons (Fsp3) is 0.444. The zero-order chi connectivity index (χ0) is 22.4. The molecule has 32 heavy (non-hydrogen) atoms. The van der Waals surface area contributed by atoms with Gasteiger partial charge in [0.25, 0.3) is 0 Å². The van der Waals surface area contributed by atoms with E-state index in [1.165, 1.54) is 10.9 Å². The molecule has 1 saturated heterocycles. The molecule has 0 bridgehead atoms. The average Bonchev–Trinajstić information content (AvgIpc) is 3.00. The lowest BCUT2D eigenvalue weighted by atomic mass is 9.72. The van der Waals surface area contributed by atoms with Gasteiger partial charge in [-0.15, -0.1) is 0 Å². The summed E-state index contributed by atoms with van der Waals surface area (Å²) in [6.45, 7) is 4.35. The zero-order valence-electron chi connectivity index (χ0n) is 19.1. The molecule has 1 aliphatic carbocycles. The second kappa shape index (κ2) is 8.38. The van der Waals surface area contributed by atoms with E-state index in [2.05, 4.69) is 52.9 Å². The number of para-hydroxylation sites is 1. The van der Waals surface area contributed by atoms with Crippen molar-refractivity contribution in [1.82, 2.24) is 9.47 Å². The number of nitrogens with zero attached hydrogens (tertiary/aromatic N) is 2. The summed E-state index contributed by atoms with van der Waals surface area (Å²) in [5, 5.41) is 11.7. The van der Waals surface area contributed by atoms with Gasteiger partial charge in [0, 0.05) is 42.9 Å². The van der Waals surface area contributed by atoms with Crippen LogP contribution in [0.15, 0.2) is 48.5 Å². The molecule has 1 N–H and O–H groups in total. The number of aliphatic hydroxyl groups excluding tert-OH is 1. The lowest BCUT2D eigenvalue weighted by Gasteiger charge is -2.43. The van der Waals surface area contributed by atoms with E-state index in [0.29, 0.717) is 18.9 Å². The van der Waals surface area contributed by atoms with E-state index in [-0.39, 0.29) is 17.6 Å². The number of fused-ring (bicyclic) bond motifs is 4. The van der Waals surface area contributed by atoms with Crippen LogP contribution in [-0.2, 0) is 13.0 Å². The number of ether oxygens (including phenoxy) is 1. The van der Waals surface area contributed by atoms with Crippen LogP contribution < -0.4 is 4.74 Å². The minimum Gasteiger partial charge on any atom is -0.497 e. The summed E-state index contributed by atoms with van der Waals surface area (Å²) in [6.07, 6.45) is 0.990. The minimum atomic E-state index is -0.409. The maximum Gasteiger partial charge on any atom is 0.179 e. The number of piperidine rings is 1. The topological polar surface area (TPSA) is 54.7 Å². The Kier molecular flexibility index (Phi) is 5.56. The first kappa shape index (κ1) is 21.2. The van der Waals surface area contributed by atoms with Crippen LogP contribution in [0.2, 0.25) is 0 Å². The maximum atomic E-state index is 13.8. The number of ketones is 1. The number of carbonyl (C=O) groups excluding carboxylic acids is 1. The third-order valence-electron chi connectivity index (χ3n) is 7.57. The van der Waals surface area contributed by atoms with E-state index in [0.717, 1.165) is 42.0 Å². The van der Waals surface area contributed by atoms with E-state index < -0.39 is 6.10 Å². The molecular formula is C27H32N2O3. The van der Waals surface area contributed by atoms with Crippen LogP contribution in [0.5, 0.6) is 5.75 Å². The Morgan fingerprint density at radius 1 is 1.09 bits per heavy atom. The molecular weight excluding hydrogens is 400 g/mol. The van der Waals surface area contributed by atoms with Gasteiger partial charge >= 0.3 is 0 Å². The highest BCUT2D eigenvalue weighted by Crippen LogP contribution is 2.42. The van der Waals surface area contributed by atoms with Crippen molar-refractivity contribution in [3.05, 3.63) is 65.4 Å². The zero-order valence-corrected chi connectivity index (χ0v) is 19.1. The summed E-state index contributed by atoms with van der Waals surface area (Å²) >= 11 is 0. The highest BCUT2D eigenvalue weighted by Gasteiger charge is 2.42. The van der Waals surface area contributed by atoms with Gasteiger partial charge in [-0.25, -0.2) is 0 Å². The Morgan fingerprint density at radius 3 is 2.56 bits per heavy atom. The van der Waals surface area contributed by atoms with Crippen molar-refractivity contribution in [2.75, 3.05) is 27.2 Å². The van der Waals surface area contributed by atoms with Crippen LogP contribution in [-0.4, -0.2) is 53.7 Å². The van der Waals surface area contributed by atoms with Gasteiger partial charge in [0.05, 0.1) is 18.9 Å². The predicted octanol–water partition coefficient (Wildman–Crippen LogP) is 4.00. The first-order valence-electron chi connectivity index (χ1n) is 11.6. The maximum absolute atomic E-state index is 13.8. The molecule has 0 spiro atoms. The Morgan fingerprint density at radius 2 is 1.84 bits per heavy atom. The number of carbonyl (C=O) groups is 1. The molecule has 1 fully saturated rings. The minimum absolute atomic E-state index is 0.132. The summed E-state index contributed by atoms with van der Waals surface area (Å²) in [4.78, 5) is 16.1. The van der Waals surface area contributed by atoms with E-state index in [4.69, 9.17) is 4.74 Å². The van der Waals surface area contributed by atoms with Crippen molar-refractivity contribution >= 4 is 16.7 Å². The van der Waals surface area contributed by atoms with Gasteiger partial charge in [-0.2, -0.15) is 0 Å². The van der Waals surface area contributed by atoms with Gasteiger partial charge in [-0.05, 0) is 61.6 Å². The molecule has 1 aromatic heterocycles. The van der Waals surface area contributed by atoms with Crippen molar-refractivity contribution in [2.24, 2.45) is 17.8 Å². The fourth-order valence-electron chi connectivity index (χ4n) is 6.05. The number of aliphatic hydroxyl groups is 1. The monoisotopic (exact) mass is 432 g/mol. The van der Waals surface area contributed by atoms with Crippen molar-refractivity contribution in [3.63, 3.8) is 0 Å². The molecule has 1 aliphatic heterocycles. The molecule has 168 valence electrons. The molecule has 4 atom stereocenters. The summed E-state index contributed by atoms with van der Waals surface area (Å²) < 4.78 is 7.52. The molecule has 2 heterocycles. The van der Waals surface area contributed by atoms with Gasteiger partial charge in [0.15, 0.2) is 5.78 Å². The standard InChI is InChI=1S/C27H32N2O3/c1-17(30)24-16-28(2)15-19-12-23-21-6-4-5-7-25(21)29(27(23)26(31)13-22(19)24)14-18-8-10-20(32-3)11-9-18/h4-11,17,19,22,24,30H,12-16H2,1-3H3/t17?,19-,22-,24+/m1/s1. The molecule has 0 amide bonds. The quantitative estimate of drug-likeness (QED) is 0.677. The second-order valence-corrected chi connectivity index (χ2v) is 9.66. The van der Waals surface area contributed by atoms with Gasteiger partial charge in [-0.1, -0.05) is 30.3 Å². The fourth-order valence-corrected chi connectivity index (χ4v) is 6.05. The summed E-state index contributed by atoms with van der Waals surface area (Å²) in [7, 11) is 3.80. The lowest BCUT2D eigenvalue weighted by Crippen LogP contribution is -2.48. The summed E-state index contributed by atoms with van der Waals surface area (Å²) in [6, 6.07) is 16.5. The molecule has 2 aromatic carbocycles. The molecule has 5 nitrogen and oxygen atoms in total. The van der Waals surface area contributed by atoms with Gasteiger partial charge in [0.2, 0.25) is 0 Å². The molecule has 3 aromatic rings. The number of aromatic nitrogens is 1.